The summed E-state index contributed by atoms with van der Waals surface area (Å²) in [6.45, 7) is 2.98. The second-order valence-corrected chi connectivity index (χ2v) is 4.91. The van der Waals surface area contributed by atoms with Gasteiger partial charge >= 0.3 is 5.97 Å². The van der Waals surface area contributed by atoms with E-state index in [1.807, 2.05) is 4.90 Å². The standard InChI is InChI=1S/C13H15N3O2/c1-13(12(17)18)4-2-6-16(9-13)11-7-10(8-14)3-5-15-11/h3,5,7H,2,4,6,9H2,1H3,(H,17,18). The van der Waals surface area contributed by atoms with Crippen LogP contribution < -0.4 is 4.90 Å². The van der Waals surface area contributed by atoms with E-state index in [1.54, 1.807) is 25.3 Å². The minimum atomic E-state index is -0.774. The van der Waals surface area contributed by atoms with Crippen LogP contribution in [0.25, 0.3) is 0 Å². The lowest BCUT2D eigenvalue weighted by atomic mass is 9.82. The summed E-state index contributed by atoms with van der Waals surface area (Å²) < 4.78 is 0. The van der Waals surface area contributed by atoms with Crippen LogP contribution >= 0.6 is 0 Å². The fourth-order valence-corrected chi connectivity index (χ4v) is 2.27. The van der Waals surface area contributed by atoms with Crippen molar-refractivity contribution in [3.05, 3.63) is 23.9 Å². The van der Waals surface area contributed by atoms with Crippen molar-refractivity contribution in [2.45, 2.75) is 19.8 Å². The van der Waals surface area contributed by atoms with Gasteiger partial charge in [-0.15, -0.1) is 0 Å². The Hall–Kier alpha value is -2.09. The predicted molar refractivity (Wildman–Crippen MR) is 66.1 cm³/mol. The van der Waals surface area contributed by atoms with Gasteiger partial charge in [-0.2, -0.15) is 5.26 Å². The normalized spacial score (nSPS) is 23.4. The summed E-state index contributed by atoms with van der Waals surface area (Å²) in [6, 6.07) is 5.41. The molecule has 0 radical (unpaired) electrons. The highest BCUT2D eigenvalue weighted by Gasteiger charge is 2.38. The molecule has 5 heteroatoms. The van der Waals surface area contributed by atoms with E-state index < -0.39 is 11.4 Å². The second-order valence-electron chi connectivity index (χ2n) is 4.91. The molecule has 0 spiro atoms. The number of hydrogen-bond donors (Lipinski definition) is 1. The Labute approximate surface area is 106 Å². The van der Waals surface area contributed by atoms with Crippen molar-refractivity contribution in [2.75, 3.05) is 18.0 Å². The zero-order valence-corrected chi connectivity index (χ0v) is 10.3. The molecule has 2 rings (SSSR count). The predicted octanol–water partition coefficient (Wildman–Crippen LogP) is 1.64. The lowest BCUT2D eigenvalue weighted by Gasteiger charge is -2.38. The number of aliphatic carboxylic acids is 1. The molecule has 0 aliphatic carbocycles. The summed E-state index contributed by atoms with van der Waals surface area (Å²) in [5.41, 5.74) is -0.189. The van der Waals surface area contributed by atoms with E-state index in [0.29, 0.717) is 24.3 Å². The third-order valence-electron chi connectivity index (χ3n) is 3.41. The molecule has 1 fully saturated rings. The summed E-state index contributed by atoms with van der Waals surface area (Å²) >= 11 is 0. The summed E-state index contributed by atoms with van der Waals surface area (Å²) in [6.07, 6.45) is 3.08. The first kappa shape index (κ1) is 12.4. The average molecular weight is 245 g/mol. The molecule has 1 aliphatic rings. The lowest BCUT2D eigenvalue weighted by molar-refractivity contribution is -0.148. The number of nitriles is 1. The number of carboxylic acid groups (broad SMARTS) is 1. The molecule has 1 aromatic heterocycles. The third-order valence-corrected chi connectivity index (χ3v) is 3.41. The largest absolute Gasteiger partial charge is 0.481 e. The molecule has 94 valence electrons. The molecule has 0 amide bonds. The summed E-state index contributed by atoms with van der Waals surface area (Å²) in [5, 5.41) is 18.1. The van der Waals surface area contributed by atoms with Crippen molar-refractivity contribution in [1.82, 2.24) is 4.98 Å². The minimum absolute atomic E-state index is 0.435. The van der Waals surface area contributed by atoms with Gasteiger partial charge in [0.15, 0.2) is 0 Å². The second kappa shape index (κ2) is 4.65. The Morgan fingerprint density at radius 1 is 1.67 bits per heavy atom. The molecule has 5 nitrogen and oxygen atoms in total. The number of pyridine rings is 1. The Morgan fingerprint density at radius 3 is 3.11 bits per heavy atom. The van der Waals surface area contributed by atoms with Gasteiger partial charge in [-0.25, -0.2) is 4.98 Å². The molecule has 1 N–H and O–H groups in total. The van der Waals surface area contributed by atoms with Crippen LogP contribution in [0.3, 0.4) is 0 Å². The van der Waals surface area contributed by atoms with E-state index in [2.05, 4.69) is 11.1 Å². The number of nitrogens with zero attached hydrogens (tertiary/aromatic N) is 3. The van der Waals surface area contributed by atoms with Crippen molar-refractivity contribution in [2.24, 2.45) is 5.41 Å². The van der Waals surface area contributed by atoms with Crippen LogP contribution in [-0.4, -0.2) is 29.1 Å². The molecule has 0 saturated carbocycles. The number of hydrogen-bond acceptors (Lipinski definition) is 4. The van der Waals surface area contributed by atoms with Crippen molar-refractivity contribution >= 4 is 11.8 Å². The van der Waals surface area contributed by atoms with E-state index >= 15 is 0 Å². The molecule has 0 aromatic carbocycles. The van der Waals surface area contributed by atoms with Crippen LogP contribution in [0.4, 0.5) is 5.82 Å². The minimum Gasteiger partial charge on any atom is -0.481 e. The molecule has 1 aliphatic heterocycles. The maximum atomic E-state index is 11.3. The van der Waals surface area contributed by atoms with Gasteiger partial charge in [-0.05, 0) is 31.9 Å². The zero-order valence-electron chi connectivity index (χ0n) is 10.3. The monoisotopic (exact) mass is 245 g/mol. The number of carbonyl (C=O) groups is 1. The van der Waals surface area contributed by atoms with E-state index in [-0.39, 0.29) is 0 Å². The van der Waals surface area contributed by atoms with E-state index in [1.165, 1.54) is 0 Å². The smallest absolute Gasteiger partial charge is 0.311 e. The Kier molecular flexibility index (Phi) is 3.19. The molecule has 1 saturated heterocycles. The molecule has 2 heterocycles. The number of rotatable bonds is 2. The Balaban J connectivity index is 2.23. The highest BCUT2D eigenvalue weighted by atomic mass is 16.4. The van der Waals surface area contributed by atoms with Gasteiger partial charge in [0.1, 0.15) is 5.82 Å². The van der Waals surface area contributed by atoms with Crippen molar-refractivity contribution in [1.29, 1.82) is 5.26 Å². The molecule has 18 heavy (non-hydrogen) atoms. The molecule has 1 aromatic rings. The zero-order chi connectivity index (χ0) is 13.2. The highest BCUT2D eigenvalue weighted by Crippen LogP contribution is 2.31. The summed E-state index contributed by atoms with van der Waals surface area (Å²) in [4.78, 5) is 17.4. The van der Waals surface area contributed by atoms with Crippen molar-refractivity contribution in [3.63, 3.8) is 0 Å². The summed E-state index contributed by atoms with van der Waals surface area (Å²) in [5.74, 6) is -0.0927. The van der Waals surface area contributed by atoms with Crippen LogP contribution in [0.1, 0.15) is 25.3 Å². The van der Waals surface area contributed by atoms with Gasteiger partial charge in [-0.3, -0.25) is 4.79 Å². The SMILES string of the molecule is CC1(C(=O)O)CCCN(c2cc(C#N)ccn2)C1. The molecule has 1 unspecified atom stereocenters. The van der Waals surface area contributed by atoms with Gasteiger partial charge in [-0.1, -0.05) is 0 Å². The van der Waals surface area contributed by atoms with Gasteiger partial charge in [0.05, 0.1) is 17.0 Å². The lowest BCUT2D eigenvalue weighted by Crippen LogP contribution is -2.46. The van der Waals surface area contributed by atoms with Crippen LogP contribution in [-0.2, 0) is 4.79 Å². The molecule has 1 atom stereocenters. The molecular weight excluding hydrogens is 230 g/mol. The maximum absolute atomic E-state index is 11.3. The van der Waals surface area contributed by atoms with E-state index in [0.717, 1.165) is 13.0 Å². The number of anilines is 1. The Morgan fingerprint density at radius 2 is 2.44 bits per heavy atom. The van der Waals surface area contributed by atoms with E-state index in [4.69, 9.17) is 5.26 Å². The van der Waals surface area contributed by atoms with Gasteiger partial charge in [0.25, 0.3) is 0 Å². The average Bonchev–Trinajstić information content (AvgIpc) is 2.39. The van der Waals surface area contributed by atoms with Crippen LogP contribution in [0.2, 0.25) is 0 Å². The highest BCUT2D eigenvalue weighted by molar-refractivity contribution is 5.75. The molecule has 0 bridgehead atoms. The van der Waals surface area contributed by atoms with Gasteiger partial charge in [0.2, 0.25) is 0 Å². The van der Waals surface area contributed by atoms with Crippen LogP contribution in [0.5, 0.6) is 0 Å². The third kappa shape index (κ3) is 2.28. The summed E-state index contributed by atoms with van der Waals surface area (Å²) in [7, 11) is 0. The topological polar surface area (TPSA) is 77.2 Å². The first-order valence-electron chi connectivity index (χ1n) is 5.90. The quantitative estimate of drug-likeness (QED) is 0.857. The number of aromatic nitrogens is 1. The van der Waals surface area contributed by atoms with Gasteiger partial charge in [0, 0.05) is 19.3 Å². The Bertz CT molecular complexity index is 509. The van der Waals surface area contributed by atoms with Crippen LogP contribution in [0, 0.1) is 16.7 Å². The number of piperidine rings is 1. The number of carboxylic acids is 1. The van der Waals surface area contributed by atoms with Crippen molar-refractivity contribution < 1.29 is 9.90 Å². The fourth-order valence-electron chi connectivity index (χ4n) is 2.27. The first-order valence-corrected chi connectivity index (χ1v) is 5.90. The van der Waals surface area contributed by atoms with Crippen molar-refractivity contribution in [3.8, 4) is 6.07 Å². The van der Waals surface area contributed by atoms with Crippen LogP contribution in [0.15, 0.2) is 18.3 Å². The first-order chi connectivity index (χ1) is 8.55. The molecular formula is C13H15N3O2. The fraction of sp³-hybridized carbons (Fsp3) is 0.462. The van der Waals surface area contributed by atoms with Gasteiger partial charge < -0.3 is 10.0 Å². The maximum Gasteiger partial charge on any atom is 0.311 e. The van der Waals surface area contributed by atoms with E-state index in [9.17, 15) is 9.90 Å².